The molecule has 0 aromatic rings. The van der Waals surface area contributed by atoms with Crippen molar-refractivity contribution in [3.8, 4) is 0 Å². The molecule has 1 aliphatic rings. The lowest BCUT2D eigenvalue weighted by Gasteiger charge is -2.32. The van der Waals surface area contributed by atoms with Crippen LogP contribution < -0.4 is 0 Å². The predicted octanol–water partition coefficient (Wildman–Crippen LogP) is 3.13. The van der Waals surface area contributed by atoms with Crippen LogP contribution in [0.5, 0.6) is 0 Å². The maximum absolute atomic E-state index is 11.8. The van der Waals surface area contributed by atoms with Crippen molar-refractivity contribution >= 4 is 6.09 Å². The molecule has 1 rings (SSSR count). The van der Waals surface area contributed by atoms with Crippen molar-refractivity contribution in [1.82, 2.24) is 4.90 Å². The molecule has 0 unspecified atom stereocenters. The number of carbonyl (C=O) groups is 1. The van der Waals surface area contributed by atoms with Crippen LogP contribution in [0, 0.1) is 0 Å². The second-order valence-electron chi connectivity index (χ2n) is 5.07. The number of rotatable bonds is 0. The van der Waals surface area contributed by atoms with Gasteiger partial charge < -0.3 is 9.64 Å². The molecule has 0 aromatic heterocycles. The molecule has 1 saturated heterocycles. The largest absolute Gasteiger partial charge is 0.444 e. The summed E-state index contributed by atoms with van der Waals surface area (Å²) in [6.45, 7) is 12.9. The third kappa shape index (κ3) is 3.40. The molecule has 0 saturated carbocycles. The van der Waals surface area contributed by atoms with E-state index in [4.69, 9.17) is 4.74 Å². The van der Waals surface area contributed by atoms with Crippen molar-refractivity contribution in [3.05, 3.63) is 23.8 Å². The summed E-state index contributed by atoms with van der Waals surface area (Å²) in [6.07, 6.45) is 2.69. The topological polar surface area (TPSA) is 29.5 Å². The molecule has 3 nitrogen and oxygen atoms in total. The van der Waals surface area contributed by atoms with E-state index in [1.807, 2.05) is 27.7 Å². The Morgan fingerprint density at radius 1 is 1.50 bits per heavy atom. The first-order valence-electron chi connectivity index (χ1n) is 5.65. The molecule has 1 amide bonds. The summed E-state index contributed by atoms with van der Waals surface area (Å²) in [7, 11) is 0. The molecular weight excluding hydrogens is 202 g/mol. The SMILES string of the molecule is C=C1CN(C(=O)OC(C)(C)C)CC/C1=C/C. The normalized spacial score (nSPS) is 20.1. The van der Waals surface area contributed by atoms with Crippen LogP contribution in [-0.2, 0) is 4.74 Å². The van der Waals surface area contributed by atoms with Gasteiger partial charge in [-0.05, 0) is 45.3 Å². The molecule has 1 fully saturated rings. The Morgan fingerprint density at radius 3 is 2.56 bits per heavy atom. The molecule has 0 atom stereocenters. The quantitative estimate of drug-likeness (QED) is 0.631. The van der Waals surface area contributed by atoms with Crippen LogP contribution in [0.15, 0.2) is 23.8 Å². The third-order valence-electron chi connectivity index (χ3n) is 2.49. The van der Waals surface area contributed by atoms with Gasteiger partial charge in [0.1, 0.15) is 5.60 Å². The van der Waals surface area contributed by atoms with E-state index < -0.39 is 5.60 Å². The minimum atomic E-state index is -0.431. The monoisotopic (exact) mass is 223 g/mol. The van der Waals surface area contributed by atoms with Crippen molar-refractivity contribution in [3.63, 3.8) is 0 Å². The summed E-state index contributed by atoms with van der Waals surface area (Å²) >= 11 is 0. The first kappa shape index (κ1) is 12.8. The number of piperidine rings is 1. The highest BCUT2D eigenvalue weighted by Crippen LogP contribution is 2.22. The summed E-state index contributed by atoms with van der Waals surface area (Å²) < 4.78 is 5.32. The lowest BCUT2D eigenvalue weighted by atomic mass is 9.99. The van der Waals surface area contributed by atoms with Gasteiger partial charge in [0, 0.05) is 13.1 Å². The number of amides is 1. The van der Waals surface area contributed by atoms with Crippen molar-refractivity contribution in [2.75, 3.05) is 13.1 Å². The zero-order valence-corrected chi connectivity index (χ0v) is 10.7. The molecule has 90 valence electrons. The van der Waals surface area contributed by atoms with Crippen LogP contribution in [0.25, 0.3) is 0 Å². The van der Waals surface area contributed by atoms with Crippen LogP contribution in [0.4, 0.5) is 4.79 Å². The minimum Gasteiger partial charge on any atom is -0.444 e. The average Bonchev–Trinajstić information content (AvgIpc) is 2.15. The molecule has 16 heavy (non-hydrogen) atoms. The van der Waals surface area contributed by atoms with Gasteiger partial charge in [-0.2, -0.15) is 0 Å². The Kier molecular flexibility index (Phi) is 3.79. The molecule has 0 aromatic carbocycles. The van der Waals surface area contributed by atoms with E-state index in [0.29, 0.717) is 13.1 Å². The molecule has 0 radical (unpaired) electrons. The zero-order valence-electron chi connectivity index (χ0n) is 10.7. The first-order chi connectivity index (χ1) is 7.33. The Balaban J connectivity index is 2.59. The van der Waals surface area contributed by atoms with Crippen molar-refractivity contribution < 1.29 is 9.53 Å². The number of carbonyl (C=O) groups excluding carboxylic acids is 1. The number of hydrogen-bond donors (Lipinski definition) is 0. The molecular formula is C13H21NO2. The van der Waals surface area contributed by atoms with Gasteiger partial charge in [0.2, 0.25) is 0 Å². The zero-order chi connectivity index (χ0) is 12.3. The van der Waals surface area contributed by atoms with Gasteiger partial charge in [-0.3, -0.25) is 0 Å². The Bertz CT molecular complexity index is 323. The Hall–Kier alpha value is -1.25. The minimum absolute atomic E-state index is 0.246. The van der Waals surface area contributed by atoms with E-state index in [9.17, 15) is 4.79 Å². The van der Waals surface area contributed by atoms with Gasteiger partial charge in [0.25, 0.3) is 0 Å². The van der Waals surface area contributed by atoms with E-state index in [1.165, 1.54) is 5.57 Å². The maximum Gasteiger partial charge on any atom is 0.410 e. The number of nitrogens with zero attached hydrogens (tertiary/aromatic N) is 1. The Labute approximate surface area is 97.8 Å². The average molecular weight is 223 g/mol. The van der Waals surface area contributed by atoms with E-state index in [2.05, 4.69) is 12.7 Å². The second kappa shape index (κ2) is 4.73. The van der Waals surface area contributed by atoms with Gasteiger partial charge in [-0.25, -0.2) is 4.79 Å². The highest BCUT2D eigenvalue weighted by atomic mass is 16.6. The fourth-order valence-corrected chi connectivity index (χ4v) is 1.67. The standard InChI is InChI=1S/C13H21NO2/c1-6-11-7-8-14(9-10(11)2)12(15)16-13(3,4)5/h6H,2,7-9H2,1,3-5H3/b11-6-. The van der Waals surface area contributed by atoms with Crippen LogP contribution in [0.2, 0.25) is 0 Å². The maximum atomic E-state index is 11.8. The summed E-state index contributed by atoms with van der Waals surface area (Å²) in [6, 6.07) is 0. The number of ether oxygens (including phenoxy) is 1. The van der Waals surface area contributed by atoms with Crippen LogP contribution in [0.3, 0.4) is 0 Å². The van der Waals surface area contributed by atoms with Gasteiger partial charge in [-0.1, -0.05) is 12.7 Å². The van der Waals surface area contributed by atoms with Gasteiger partial charge in [0.15, 0.2) is 0 Å². The second-order valence-corrected chi connectivity index (χ2v) is 5.07. The first-order valence-corrected chi connectivity index (χ1v) is 5.65. The summed E-state index contributed by atoms with van der Waals surface area (Å²) in [4.78, 5) is 13.5. The van der Waals surface area contributed by atoms with Crippen molar-refractivity contribution in [1.29, 1.82) is 0 Å². The molecule has 1 heterocycles. The van der Waals surface area contributed by atoms with Gasteiger partial charge in [-0.15, -0.1) is 0 Å². The molecule has 3 heteroatoms. The van der Waals surface area contributed by atoms with Gasteiger partial charge in [0.05, 0.1) is 0 Å². The van der Waals surface area contributed by atoms with E-state index in [1.54, 1.807) is 4.90 Å². The molecule has 0 aliphatic carbocycles. The molecule has 1 aliphatic heterocycles. The Morgan fingerprint density at radius 2 is 2.12 bits per heavy atom. The fraction of sp³-hybridized carbons (Fsp3) is 0.615. The van der Waals surface area contributed by atoms with E-state index >= 15 is 0 Å². The molecule has 0 N–H and O–H groups in total. The van der Waals surface area contributed by atoms with Gasteiger partial charge >= 0.3 is 6.09 Å². The smallest absolute Gasteiger partial charge is 0.410 e. The van der Waals surface area contributed by atoms with E-state index in [-0.39, 0.29) is 6.09 Å². The highest BCUT2D eigenvalue weighted by Gasteiger charge is 2.25. The number of hydrogen-bond acceptors (Lipinski definition) is 2. The third-order valence-corrected chi connectivity index (χ3v) is 2.49. The predicted molar refractivity (Wildman–Crippen MR) is 65.3 cm³/mol. The van der Waals surface area contributed by atoms with Crippen LogP contribution in [-0.4, -0.2) is 29.7 Å². The van der Waals surface area contributed by atoms with Crippen LogP contribution >= 0.6 is 0 Å². The fourth-order valence-electron chi connectivity index (χ4n) is 1.67. The summed E-state index contributed by atoms with van der Waals surface area (Å²) in [5.41, 5.74) is 1.83. The number of likely N-dealkylation sites (tertiary alicyclic amines) is 1. The molecule has 0 bridgehead atoms. The summed E-state index contributed by atoms with van der Waals surface area (Å²) in [5, 5.41) is 0. The van der Waals surface area contributed by atoms with Crippen LogP contribution in [0.1, 0.15) is 34.1 Å². The van der Waals surface area contributed by atoms with E-state index in [0.717, 1.165) is 12.0 Å². The highest BCUT2D eigenvalue weighted by molar-refractivity contribution is 5.69. The summed E-state index contributed by atoms with van der Waals surface area (Å²) in [5.74, 6) is 0. The van der Waals surface area contributed by atoms with Crippen molar-refractivity contribution in [2.24, 2.45) is 0 Å². The lowest BCUT2D eigenvalue weighted by molar-refractivity contribution is 0.0259. The lowest BCUT2D eigenvalue weighted by Crippen LogP contribution is -2.41. The number of allylic oxidation sites excluding steroid dienone is 1. The van der Waals surface area contributed by atoms with Crippen molar-refractivity contribution in [2.45, 2.75) is 39.7 Å². The molecule has 0 spiro atoms.